The summed E-state index contributed by atoms with van der Waals surface area (Å²) in [6.45, 7) is 0.150. The van der Waals surface area contributed by atoms with Crippen molar-refractivity contribution < 1.29 is 18.3 Å². The van der Waals surface area contributed by atoms with Crippen molar-refractivity contribution in [3.05, 3.63) is 161 Å². The van der Waals surface area contributed by atoms with Gasteiger partial charge in [0.25, 0.3) is 0 Å². The molecule has 5 aromatic rings. The molecule has 200 valence electrons. The van der Waals surface area contributed by atoms with Crippen molar-refractivity contribution in [2.45, 2.75) is 24.9 Å². The molecule has 0 aliphatic carbocycles. The number of aromatic nitrogens is 2. The molecule has 2 N–H and O–H groups in total. The van der Waals surface area contributed by atoms with Gasteiger partial charge < -0.3 is 15.0 Å². The SMILES string of the molecule is CNCc1ccccc1C(F)(F)F.OCc1cn(C(c2ccccc2)(c2ccccc2)c2ccccc2)cn1. The maximum atomic E-state index is 12.3. The number of hydrogen-bond donors (Lipinski definition) is 2. The fourth-order valence-electron chi connectivity index (χ4n) is 4.76. The second-order valence-corrected chi connectivity index (χ2v) is 8.92. The monoisotopic (exact) mass is 529 g/mol. The quantitative estimate of drug-likeness (QED) is 0.233. The predicted octanol–water partition coefficient (Wildman–Crippen LogP) is 6.64. The summed E-state index contributed by atoms with van der Waals surface area (Å²) in [5.41, 5.74) is 3.21. The minimum absolute atomic E-state index is 0.0819. The summed E-state index contributed by atoms with van der Waals surface area (Å²) in [6, 6.07) is 36.8. The van der Waals surface area contributed by atoms with Gasteiger partial charge in [-0.15, -0.1) is 0 Å². The molecule has 7 heteroatoms. The Morgan fingerprint density at radius 2 is 1.18 bits per heavy atom. The van der Waals surface area contributed by atoms with Gasteiger partial charge in [0.1, 0.15) is 5.54 Å². The molecule has 0 saturated carbocycles. The van der Waals surface area contributed by atoms with Gasteiger partial charge in [-0.05, 0) is 35.4 Å². The molecule has 1 aromatic heterocycles. The summed E-state index contributed by atoms with van der Waals surface area (Å²) in [7, 11) is 1.62. The minimum Gasteiger partial charge on any atom is -0.390 e. The molecule has 39 heavy (non-hydrogen) atoms. The molecule has 0 unspecified atom stereocenters. The van der Waals surface area contributed by atoms with Gasteiger partial charge in [-0.1, -0.05) is 109 Å². The molecular weight excluding hydrogens is 499 g/mol. The van der Waals surface area contributed by atoms with E-state index in [4.69, 9.17) is 0 Å². The summed E-state index contributed by atoms with van der Waals surface area (Å²) < 4.78 is 39.1. The van der Waals surface area contributed by atoms with Crippen molar-refractivity contribution in [1.29, 1.82) is 0 Å². The average Bonchev–Trinajstić information content (AvgIpc) is 3.45. The van der Waals surface area contributed by atoms with Gasteiger partial charge in [-0.3, -0.25) is 0 Å². The largest absolute Gasteiger partial charge is 0.416 e. The number of imidazole rings is 1. The lowest BCUT2D eigenvalue weighted by Crippen LogP contribution is -2.36. The number of alkyl halides is 3. The van der Waals surface area contributed by atoms with E-state index in [0.29, 0.717) is 5.69 Å². The van der Waals surface area contributed by atoms with E-state index in [1.54, 1.807) is 19.4 Å². The zero-order chi connectivity index (χ0) is 27.7. The smallest absolute Gasteiger partial charge is 0.390 e. The van der Waals surface area contributed by atoms with Gasteiger partial charge >= 0.3 is 6.18 Å². The van der Waals surface area contributed by atoms with Gasteiger partial charge in [0.2, 0.25) is 0 Å². The molecule has 0 radical (unpaired) electrons. The Balaban J connectivity index is 0.000000229. The normalized spacial score (nSPS) is 11.5. The van der Waals surface area contributed by atoms with Gasteiger partial charge in [-0.2, -0.15) is 13.2 Å². The third kappa shape index (κ3) is 6.11. The fraction of sp³-hybridized carbons (Fsp3) is 0.156. The van der Waals surface area contributed by atoms with Crippen molar-refractivity contribution in [2.75, 3.05) is 7.05 Å². The van der Waals surface area contributed by atoms with E-state index >= 15 is 0 Å². The first-order valence-electron chi connectivity index (χ1n) is 12.5. The van der Waals surface area contributed by atoms with Crippen LogP contribution in [0.1, 0.15) is 33.5 Å². The lowest BCUT2D eigenvalue weighted by molar-refractivity contribution is -0.138. The first-order chi connectivity index (χ1) is 18.9. The number of nitrogens with zero attached hydrogens (tertiary/aromatic N) is 2. The molecule has 0 fully saturated rings. The first-order valence-corrected chi connectivity index (χ1v) is 12.5. The molecule has 0 bridgehead atoms. The van der Waals surface area contributed by atoms with E-state index in [9.17, 15) is 18.3 Å². The van der Waals surface area contributed by atoms with Crippen molar-refractivity contribution in [3.8, 4) is 0 Å². The highest BCUT2D eigenvalue weighted by Gasteiger charge is 2.38. The Labute approximate surface area is 226 Å². The number of halogens is 3. The molecule has 1 heterocycles. The molecule has 0 aliphatic rings. The molecule has 5 rings (SSSR count). The van der Waals surface area contributed by atoms with Crippen molar-refractivity contribution in [3.63, 3.8) is 0 Å². The molecule has 0 spiro atoms. The van der Waals surface area contributed by atoms with Crippen LogP contribution >= 0.6 is 0 Å². The van der Waals surface area contributed by atoms with E-state index < -0.39 is 17.3 Å². The van der Waals surface area contributed by atoms with Gasteiger partial charge in [0, 0.05) is 12.7 Å². The van der Waals surface area contributed by atoms with Gasteiger partial charge in [0.05, 0.1) is 24.2 Å². The van der Waals surface area contributed by atoms with Crippen LogP contribution in [0.4, 0.5) is 13.2 Å². The summed E-state index contributed by atoms with van der Waals surface area (Å²) in [5, 5.41) is 12.2. The predicted molar refractivity (Wildman–Crippen MR) is 147 cm³/mol. The minimum atomic E-state index is -4.26. The maximum absolute atomic E-state index is 12.3. The molecule has 4 aromatic carbocycles. The highest BCUT2D eigenvalue weighted by atomic mass is 19.4. The van der Waals surface area contributed by atoms with Crippen molar-refractivity contribution in [1.82, 2.24) is 14.9 Å². The summed E-state index contributed by atoms with van der Waals surface area (Å²) >= 11 is 0. The Morgan fingerprint density at radius 1 is 0.718 bits per heavy atom. The van der Waals surface area contributed by atoms with Gasteiger partial charge in [0.15, 0.2) is 0 Å². The molecule has 0 atom stereocenters. The van der Waals surface area contributed by atoms with Crippen LogP contribution in [-0.4, -0.2) is 21.7 Å². The van der Waals surface area contributed by atoms with Crippen LogP contribution in [0.25, 0.3) is 0 Å². The first kappa shape index (κ1) is 27.8. The van der Waals surface area contributed by atoms with E-state index in [1.807, 2.05) is 24.4 Å². The number of hydrogen-bond acceptors (Lipinski definition) is 3. The van der Waals surface area contributed by atoms with Crippen LogP contribution in [0.2, 0.25) is 0 Å². The Morgan fingerprint density at radius 3 is 1.59 bits per heavy atom. The standard InChI is InChI=1S/C23H20N2O.C9H10F3N/c26-17-22-16-25(18-24-22)23(19-10-4-1-5-11-19,20-12-6-2-7-13-20)21-14-8-3-9-15-21;1-13-6-7-4-2-3-5-8(7)9(10,11)12/h1-16,18,26H,17H2;2-5,13H,6H2,1H3. The Hall–Kier alpha value is -4.20. The molecule has 4 nitrogen and oxygen atoms in total. The highest BCUT2D eigenvalue weighted by Crippen LogP contribution is 2.40. The fourth-order valence-corrected chi connectivity index (χ4v) is 4.76. The van der Waals surface area contributed by atoms with Crippen LogP contribution < -0.4 is 5.32 Å². The zero-order valence-electron chi connectivity index (χ0n) is 21.5. The third-order valence-corrected chi connectivity index (χ3v) is 6.45. The average molecular weight is 530 g/mol. The number of aliphatic hydroxyl groups is 1. The van der Waals surface area contributed by atoms with E-state index in [-0.39, 0.29) is 18.7 Å². The van der Waals surface area contributed by atoms with Crippen LogP contribution in [0, 0.1) is 0 Å². The van der Waals surface area contributed by atoms with Crippen LogP contribution in [0.15, 0.2) is 128 Å². The van der Waals surface area contributed by atoms with E-state index in [0.717, 1.165) is 22.8 Å². The molecule has 0 aliphatic heterocycles. The van der Waals surface area contributed by atoms with E-state index in [2.05, 4.69) is 87.7 Å². The maximum Gasteiger partial charge on any atom is 0.416 e. The lowest BCUT2D eigenvalue weighted by atomic mass is 9.77. The Bertz CT molecular complexity index is 1340. The number of benzene rings is 4. The molecular formula is C32H30F3N3O. The van der Waals surface area contributed by atoms with Crippen LogP contribution in [0.3, 0.4) is 0 Å². The summed E-state index contributed by atoms with van der Waals surface area (Å²) in [4.78, 5) is 4.39. The third-order valence-electron chi connectivity index (χ3n) is 6.45. The van der Waals surface area contributed by atoms with Gasteiger partial charge in [-0.25, -0.2) is 4.98 Å². The summed E-state index contributed by atoms with van der Waals surface area (Å²) in [5.74, 6) is 0. The Kier molecular flexibility index (Phi) is 8.96. The second-order valence-electron chi connectivity index (χ2n) is 8.92. The molecule has 0 saturated heterocycles. The highest BCUT2D eigenvalue weighted by molar-refractivity contribution is 5.50. The number of rotatable bonds is 7. The van der Waals surface area contributed by atoms with Crippen LogP contribution in [0.5, 0.6) is 0 Å². The topological polar surface area (TPSA) is 50.1 Å². The van der Waals surface area contributed by atoms with Crippen molar-refractivity contribution in [2.24, 2.45) is 0 Å². The van der Waals surface area contributed by atoms with E-state index in [1.165, 1.54) is 12.1 Å². The zero-order valence-corrected chi connectivity index (χ0v) is 21.5. The number of nitrogens with one attached hydrogen (secondary N) is 1. The second kappa shape index (κ2) is 12.6. The molecule has 0 amide bonds. The van der Waals surface area contributed by atoms with Crippen molar-refractivity contribution >= 4 is 0 Å². The van der Waals surface area contributed by atoms with Crippen LogP contribution in [-0.2, 0) is 24.9 Å². The lowest BCUT2D eigenvalue weighted by Gasteiger charge is -2.37. The number of aliphatic hydroxyl groups excluding tert-OH is 1. The summed E-state index contributed by atoms with van der Waals surface area (Å²) in [6.07, 6.45) is -0.529.